The maximum absolute atomic E-state index is 12.0. The number of aryl methyl sites for hydroxylation is 2. The van der Waals surface area contributed by atoms with Crippen molar-refractivity contribution in [2.24, 2.45) is 0 Å². The van der Waals surface area contributed by atoms with Crippen molar-refractivity contribution in [3.05, 3.63) is 55.8 Å². The fraction of sp³-hybridized carbons (Fsp3) is 0.250. The van der Waals surface area contributed by atoms with Gasteiger partial charge in [0.05, 0.1) is 15.6 Å². The number of carbonyl (C=O) groups is 2. The van der Waals surface area contributed by atoms with Crippen LogP contribution in [-0.2, 0) is 11.2 Å². The molecule has 0 aliphatic heterocycles. The zero-order chi connectivity index (χ0) is 18.4. The van der Waals surface area contributed by atoms with Gasteiger partial charge in [-0.15, -0.1) is 23.1 Å². The lowest BCUT2D eigenvalue weighted by molar-refractivity contribution is -0.384. The molecule has 0 spiro atoms. The molecule has 0 atom stereocenters. The zero-order valence-electron chi connectivity index (χ0n) is 13.7. The first kappa shape index (κ1) is 18.9. The Morgan fingerprint density at radius 2 is 1.92 bits per heavy atom. The van der Waals surface area contributed by atoms with E-state index in [1.54, 1.807) is 18.2 Å². The SMILES string of the molecule is CCc1sc(C(=O)NNC(=O)CSc2ccc([N+](=O)[O-])cc2)cc1C. The van der Waals surface area contributed by atoms with Gasteiger partial charge < -0.3 is 0 Å². The Morgan fingerprint density at radius 1 is 1.24 bits per heavy atom. The molecule has 0 aliphatic carbocycles. The predicted molar refractivity (Wildman–Crippen MR) is 97.9 cm³/mol. The van der Waals surface area contributed by atoms with Crippen LogP contribution in [0.2, 0.25) is 0 Å². The van der Waals surface area contributed by atoms with E-state index >= 15 is 0 Å². The number of rotatable bonds is 6. The molecular formula is C16H17N3O4S2. The molecular weight excluding hydrogens is 362 g/mol. The Labute approximate surface area is 152 Å². The number of nitro benzene ring substituents is 1. The first-order valence-electron chi connectivity index (χ1n) is 7.46. The number of benzene rings is 1. The summed E-state index contributed by atoms with van der Waals surface area (Å²) in [6, 6.07) is 7.72. The van der Waals surface area contributed by atoms with Gasteiger partial charge in [-0.1, -0.05) is 6.92 Å². The van der Waals surface area contributed by atoms with E-state index in [1.807, 2.05) is 13.8 Å². The van der Waals surface area contributed by atoms with E-state index in [-0.39, 0.29) is 23.3 Å². The summed E-state index contributed by atoms with van der Waals surface area (Å²) in [5, 5.41) is 10.6. The molecule has 0 saturated carbocycles. The molecule has 0 fully saturated rings. The van der Waals surface area contributed by atoms with E-state index in [0.29, 0.717) is 4.88 Å². The fourth-order valence-electron chi connectivity index (χ4n) is 2.02. The molecule has 2 amide bonds. The summed E-state index contributed by atoms with van der Waals surface area (Å²) in [6.45, 7) is 3.98. The Hall–Kier alpha value is -2.39. The standard InChI is InChI=1S/C16H17N3O4S2/c1-3-13-10(2)8-14(25-13)16(21)18-17-15(20)9-24-12-6-4-11(5-7-12)19(22)23/h4-8H,3,9H2,1-2H3,(H,17,20)(H,18,21). The highest BCUT2D eigenvalue weighted by atomic mass is 32.2. The van der Waals surface area contributed by atoms with Crippen molar-refractivity contribution in [1.82, 2.24) is 10.9 Å². The minimum absolute atomic E-state index is 0.00115. The molecule has 1 heterocycles. The number of carbonyl (C=O) groups excluding carboxylic acids is 2. The van der Waals surface area contributed by atoms with Crippen LogP contribution in [0.15, 0.2) is 35.2 Å². The van der Waals surface area contributed by atoms with Gasteiger partial charge in [-0.3, -0.25) is 30.6 Å². The van der Waals surface area contributed by atoms with Gasteiger partial charge in [0, 0.05) is 21.9 Å². The van der Waals surface area contributed by atoms with Crippen molar-refractivity contribution in [2.75, 3.05) is 5.75 Å². The second-order valence-corrected chi connectivity index (χ2v) is 7.30. The third kappa shape index (κ3) is 5.30. The lowest BCUT2D eigenvalue weighted by atomic mass is 10.2. The highest BCUT2D eigenvalue weighted by Gasteiger charge is 2.13. The molecule has 0 radical (unpaired) electrons. The summed E-state index contributed by atoms with van der Waals surface area (Å²) in [5.41, 5.74) is 5.83. The van der Waals surface area contributed by atoms with Crippen molar-refractivity contribution in [3.63, 3.8) is 0 Å². The highest BCUT2D eigenvalue weighted by molar-refractivity contribution is 8.00. The van der Waals surface area contributed by atoms with Crippen LogP contribution in [0.1, 0.15) is 27.0 Å². The van der Waals surface area contributed by atoms with Crippen LogP contribution >= 0.6 is 23.1 Å². The molecule has 1 aromatic heterocycles. The Kier molecular flexibility index (Phi) is 6.54. The Balaban J connectivity index is 1.79. The molecule has 0 unspecified atom stereocenters. The van der Waals surface area contributed by atoms with E-state index < -0.39 is 4.92 Å². The van der Waals surface area contributed by atoms with Gasteiger partial charge in [-0.25, -0.2) is 0 Å². The predicted octanol–water partition coefficient (Wildman–Crippen LogP) is 3.08. The van der Waals surface area contributed by atoms with Crippen LogP contribution in [0, 0.1) is 17.0 Å². The molecule has 0 aliphatic rings. The van der Waals surface area contributed by atoms with Crippen LogP contribution in [0.5, 0.6) is 0 Å². The molecule has 2 aromatic rings. The van der Waals surface area contributed by atoms with Gasteiger partial charge in [-0.2, -0.15) is 0 Å². The van der Waals surface area contributed by atoms with Crippen molar-refractivity contribution >= 4 is 40.6 Å². The molecule has 0 saturated heterocycles. The first-order chi connectivity index (χ1) is 11.9. The summed E-state index contributed by atoms with van der Waals surface area (Å²) >= 11 is 2.63. The number of hydrogen-bond acceptors (Lipinski definition) is 6. The topological polar surface area (TPSA) is 101 Å². The fourth-order valence-corrected chi connectivity index (χ4v) is 3.73. The number of amides is 2. The Morgan fingerprint density at radius 3 is 2.48 bits per heavy atom. The number of thioether (sulfide) groups is 1. The number of nitrogens with zero attached hydrogens (tertiary/aromatic N) is 1. The molecule has 132 valence electrons. The summed E-state index contributed by atoms with van der Waals surface area (Å²) in [6.07, 6.45) is 0.863. The Bertz CT molecular complexity index is 787. The third-order valence-electron chi connectivity index (χ3n) is 3.30. The number of thiophene rings is 1. The molecule has 9 heteroatoms. The van der Waals surface area contributed by atoms with Gasteiger partial charge in [-0.05, 0) is 37.1 Å². The minimum Gasteiger partial charge on any atom is -0.272 e. The summed E-state index contributed by atoms with van der Waals surface area (Å²) in [7, 11) is 0. The number of hydrazine groups is 1. The van der Waals surface area contributed by atoms with E-state index in [0.717, 1.165) is 21.8 Å². The summed E-state index contributed by atoms with van der Waals surface area (Å²) in [5.74, 6) is -0.621. The number of nitro groups is 1. The van der Waals surface area contributed by atoms with E-state index in [9.17, 15) is 19.7 Å². The van der Waals surface area contributed by atoms with Crippen molar-refractivity contribution < 1.29 is 14.5 Å². The van der Waals surface area contributed by atoms with Crippen LogP contribution in [0.3, 0.4) is 0 Å². The summed E-state index contributed by atoms with van der Waals surface area (Å²) < 4.78 is 0. The zero-order valence-corrected chi connectivity index (χ0v) is 15.3. The molecule has 0 bridgehead atoms. The third-order valence-corrected chi connectivity index (χ3v) is 5.69. The van der Waals surface area contributed by atoms with E-state index in [4.69, 9.17) is 0 Å². The summed E-state index contributed by atoms with van der Waals surface area (Å²) in [4.78, 5) is 36.4. The number of hydrogen-bond donors (Lipinski definition) is 2. The van der Waals surface area contributed by atoms with Gasteiger partial charge in [0.1, 0.15) is 0 Å². The van der Waals surface area contributed by atoms with Gasteiger partial charge in [0.15, 0.2) is 0 Å². The maximum Gasteiger partial charge on any atom is 0.279 e. The van der Waals surface area contributed by atoms with Crippen LogP contribution in [-0.4, -0.2) is 22.5 Å². The average Bonchev–Trinajstić information content (AvgIpc) is 2.99. The minimum atomic E-state index is -0.479. The number of nitrogens with one attached hydrogen (secondary N) is 2. The van der Waals surface area contributed by atoms with Gasteiger partial charge in [0.25, 0.3) is 11.6 Å². The number of non-ortho nitro benzene ring substituents is 1. The second-order valence-electron chi connectivity index (χ2n) is 5.11. The van der Waals surface area contributed by atoms with Crippen molar-refractivity contribution in [1.29, 1.82) is 0 Å². The lowest BCUT2D eigenvalue weighted by Gasteiger charge is -2.06. The smallest absolute Gasteiger partial charge is 0.272 e. The van der Waals surface area contributed by atoms with Crippen LogP contribution in [0.4, 0.5) is 5.69 Å². The first-order valence-corrected chi connectivity index (χ1v) is 9.26. The quantitative estimate of drug-likeness (QED) is 0.456. The lowest BCUT2D eigenvalue weighted by Crippen LogP contribution is -2.42. The van der Waals surface area contributed by atoms with Crippen molar-refractivity contribution in [2.45, 2.75) is 25.2 Å². The normalized spacial score (nSPS) is 10.3. The molecule has 1 aromatic carbocycles. The highest BCUT2D eigenvalue weighted by Crippen LogP contribution is 2.22. The van der Waals surface area contributed by atoms with Crippen LogP contribution in [0.25, 0.3) is 0 Å². The largest absolute Gasteiger partial charge is 0.279 e. The average molecular weight is 379 g/mol. The van der Waals surface area contributed by atoms with Gasteiger partial charge >= 0.3 is 0 Å². The molecule has 25 heavy (non-hydrogen) atoms. The van der Waals surface area contributed by atoms with Gasteiger partial charge in [0.2, 0.25) is 5.91 Å². The second kappa shape index (κ2) is 8.63. The molecule has 2 N–H and O–H groups in total. The monoisotopic (exact) mass is 379 g/mol. The maximum atomic E-state index is 12.0. The molecule has 2 rings (SSSR count). The van der Waals surface area contributed by atoms with Crippen molar-refractivity contribution in [3.8, 4) is 0 Å². The van der Waals surface area contributed by atoms with Crippen LogP contribution < -0.4 is 10.9 Å². The van der Waals surface area contributed by atoms with E-state index in [1.165, 1.54) is 35.2 Å². The van der Waals surface area contributed by atoms with E-state index in [2.05, 4.69) is 10.9 Å². The molecule has 7 nitrogen and oxygen atoms in total.